The Bertz CT molecular complexity index is 377. The summed E-state index contributed by atoms with van der Waals surface area (Å²) < 4.78 is 0. The molecule has 0 amide bonds. The third-order valence-corrected chi connectivity index (χ3v) is 2.02. The zero-order valence-corrected chi connectivity index (χ0v) is 7.89. The zero-order chi connectivity index (χ0) is 10.6. The molecule has 1 unspecified atom stereocenters. The van der Waals surface area contributed by atoms with Crippen LogP contribution in [-0.4, -0.2) is 16.8 Å². The summed E-state index contributed by atoms with van der Waals surface area (Å²) in [7, 11) is 0. The number of benzene rings is 1. The molecule has 0 heterocycles. The van der Waals surface area contributed by atoms with Crippen molar-refractivity contribution in [1.82, 2.24) is 0 Å². The van der Waals surface area contributed by atoms with E-state index in [-0.39, 0.29) is 17.4 Å². The number of rotatable bonds is 3. The average Bonchev–Trinajstić information content (AvgIpc) is 2.19. The molecule has 1 atom stereocenters. The quantitative estimate of drug-likeness (QED) is 0.459. The van der Waals surface area contributed by atoms with E-state index in [0.29, 0.717) is 5.56 Å². The molecule has 0 bridgehead atoms. The fraction of sp³-hybridized carbons (Fsp3) is 0.250. The number of aliphatic hydroxyl groups excluding tert-OH is 1. The van der Waals surface area contributed by atoms with Gasteiger partial charge in [0.1, 0.15) is 5.75 Å². The second-order valence-corrected chi connectivity index (χ2v) is 3.02. The Labute approximate surface area is 85.2 Å². The molecule has 0 spiro atoms. The molecular weight excluding hydrogens is 206 g/mol. The predicted octanol–water partition coefficient (Wildman–Crippen LogP) is 2.39. The lowest BCUT2D eigenvalue weighted by molar-refractivity contribution is 0.268. The lowest BCUT2D eigenvalue weighted by Gasteiger charge is -2.08. The van der Waals surface area contributed by atoms with Crippen LogP contribution in [0.15, 0.2) is 23.3 Å². The number of aliphatic hydroxyl groups is 1. The van der Waals surface area contributed by atoms with Gasteiger partial charge in [0.25, 0.3) is 0 Å². The Morgan fingerprint density at radius 1 is 1.57 bits per heavy atom. The molecule has 0 radical (unpaired) electrons. The highest BCUT2D eigenvalue weighted by Crippen LogP contribution is 2.27. The van der Waals surface area contributed by atoms with Crippen molar-refractivity contribution >= 4 is 11.6 Å². The number of halogens is 1. The number of azide groups is 1. The molecule has 0 saturated carbocycles. The molecule has 0 fully saturated rings. The summed E-state index contributed by atoms with van der Waals surface area (Å²) in [6.45, 7) is -0.300. The number of hydrogen-bond acceptors (Lipinski definition) is 3. The Morgan fingerprint density at radius 2 is 2.29 bits per heavy atom. The van der Waals surface area contributed by atoms with Gasteiger partial charge in [-0.1, -0.05) is 22.8 Å². The van der Waals surface area contributed by atoms with Crippen molar-refractivity contribution in [2.24, 2.45) is 5.11 Å². The maximum atomic E-state index is 9.13. The Hall–Kier alpha value is -1.42. The number of phenols is 1. The predicted molar refractivity (Wildman–Crippen MR) is 52.1 cm³/mol. The summed E-state index contributed by atoms with van der Waals surface area (Å²) in [6, 6.07) is 3.70. The molecule has 0 aliphatic heterocycles. The van der Waals surface area contributed by atoms with Crippen molar-refractivity contribution in [2.45, 2.75) is 6.04 Å². The van der Waals surface area contributed by atoms with Crippen LogP contribution in [0.5, 0.6) is 5.75 Å². The van der Waals surface area contributed by atoms with Gasteiger partial charge in [-0.05, 0) is 23.2 Å². The minimum absolute atomic E-state index is 0.0481. The summed E-state index contributed by atoms with van der Waals surface area (Å²) >= 11 is 5.65. The van der Waals surface area contributed by atoms with Crippen molar-refractivity contribution in [1.29, 1.82) is 0 Å². The number of nitrogens with zero attached hydrogens (tertiary/aromatic N) is 3. The van der Waals surface area contributed by atoms with E-state index in [9.17, 15) is 0 Å². The molecule has 0 aliphatic carbocycles. The minimum atomic E-state index is -0.668. The van der Waals surface area contributed by atoms with Crippen molar-refractivity contribution in [3.05, 3.63) is 39.2 Å². The van der Waals surface area contributed by atoms with Crippen molar-refractivity contribution < 1.29 is 10.2 Å². The van der Waals surface area contributed by atoms with Gasteiger partial charge in [0.05, 0.1) is 17.7 Å². The normalized spacial score (nSPS) is 11.9. The second-order valence-electron chi connectivity index (χ2n) is 2.61. The Balaban J connectivity index is 3.05. The smallest absolute Gasteiger partial charge is 0.134 e. The van der Waals surface area contributed by atoms with Gasteiger partial charge in [-0.25, -0.2) is 0 Å². The van der Waals surface area contributed by atoms with E-state index in [0.717, 1.165) is 0 Å². The molecule has 1 aromatic carbocycles. The molecule has 0 aromatic heterocycles. The minimum Gasteiger partial charge on any atom is -0.506 e. The molecular formula is C8H8ClN3O2. The summed E-state index contributed by atoms with van der Waals surface area (Å²) in [5.41, 5.74) is 8.78. The van der Waals surface area contributed by atoms with E-state index >= 15 is 0 Å². The first-order valence-electron chi connectivity index (χ1n) is 3.82. The van der Waals surface area contributed by atoms with Crippen LogP contribution in [0, 0.1) is 0 Å². The molecule has 2 N–H and O–H groups in total. The monoisotopic (exact) mass is 213 g/mol. The lowest BCUT2D eigenvalue weighted by Crippen LogP contribution is -1.99. The van der Waals surface area contributed by atoms with Gasteiger partial charge in [-0.3, -0.25) is 0 Å². The lowest BCUT2D eigenvalue weighted by atomic mass is 10.1. The summed E-state index contributed by atoms with van der Waals surface area (Å²) in [4.78, 5) is 2.59. The van der Waals surface area contributed by atoms with Gasteiger partial charge in [-0.15, -0.1) is 0 Å². The number of phenolic OH excluding ortho intramolecular Hbond substituents is 1. The SMILES string of the molecule is [N-]=[N+]=NC(CO)c1ccc(O)c(Cl)c1. The third kappa shape index (κ3) is 2.29. The van der Waals surface area contributed by atoms with Crippen LogP contribution in [-0.2, 0) is 0 Å². The van der Waals surface area contributed by atoms with E-state index in [1.165, 1.54) is 18.2 Å². The molecule has 1 rings (SSSR count). The summed E-state index contributed by atoms with van der Waals surface area (Å²) in [6.07, 6.45) is 0. The zero-order valence-electron chi connectivity index (χ0n) is 7.13. The van der Waals surface area contributed by atoms with E-state index in [2.05, 4.69) is 10.0 Å². The van der Waals surface area contributed by atoms with Crippen LogP contribution >= 0.6 is 11.6 Å². The topological polar surface area (TPSA) is 89.2 Å². The molecule has 14 heavy (non-hydrogen) atoms. The van der Waals surface area contributed by atoms with Crippen LogP contribution < -0.4 is 0 Å². The highest BCUT2D eigenvalue weighted by atomic mass is 35.5. The van der Waals surface area contributed by atoms with Gasteiger partial charge in [0.2, 0.25) is 0 Å². The first-order chi connectivity index (χ1) is 6.69. The highest BCUT2D eigenvalue weighted by Gasteiger charge is 2.09. The van der Waals surface area contributed by atoms with Crippen molar-refractivity contribution in [2.75, 3.05) is 6.61 Å². The number of hydrogen-bond donors (Lipinski definition) is 2. The van der Waals surface area contributed by atoms with Gasteiger partial charge < -0.3 is 10.2 Å². The molecule has 1 aromatic rings. The fourth-order valence-corrected chi connectivity index (χ4v) is 1.19. The van der Waals surface area contributed by atoms with E-state index in [4.69, 9.17) is 27.3 Å². The van der Waals surface area contributed by atoms with Gasteiger partial charge in [0.15, 0.2) is 0 Å². The fourth-order valence-electron chi connectivity index (χ4n) is 1.00. The number of aromatic hydroxyl groups is 1. The molecule has 0 aliphatic rings. The molecule has 5 nitrogen and oxygen atoms in total. The van der Waals surface area contributed by atoms with Crippen molar-refractivity contribution in [3.8, 4) is 5.75 Å². The highest BCUT2D eigenvalue weighted by molar-refractivity contribution is 6.32. The van der Waals surface area contributed by atoms with Crippen LogP contribution in [0.2, 0.25) is 5.02 Å². The first-order valence-corrected chi connectivity index (χ1v) is 4.20. The third-order valence-electron chi connectivity index (χ3n) is 1.72. The van der Waals surface area contributed by atoms with Crippen LogP contribution in [0.3, 0.4) is 0 Å². The van der Waals surface area contributed by atoms with Crippen LogP contribution in [0.25, 0.3) is 10.4 Å². The Kier molecular flexibility index (Phi) is 3.59. The van der Waals surface area contributed by atoms with Crippen molar-refractivity contribution in [3.63, 3.8) is 0 Å². The molecule has 6 heteroatoms. The maximum Gasteiger partial charge on any atom is 0.134 e. The second kappa shape index (κ2) is 4.72. The first kappa shape index (κ1) is 10.7. The maximum absolute atomic E-state index is 9.13. The summed E-state index contributed by atoms with van der Waals surface area (Å²) in [5.74, 6) is -0.0481. The van der Waals surface area contributed by atoms with Gasteiger partial charge >= 0.3 is 0 Å². The summed E-state index contributed by atoms with van der Waals surface area (Å²) in [5, 5.41) is 21.6. The van der Waals surface area contributed by atoms with Crippen LogP contribution in [0.4, 0.5) is 0 Å². The van der Waals surface area contributed by atoms with E-state index < -0.39 is 6.04 Å². The average molecular weight is 214 g/mol. The Morgan fingerprint density at radius 3 is 2.79 bits per heavy atom. The molecule has 74 valence electrons. The largest absolute Gasteiger partial charge is 0.506 e. The standard InChI is InChI=1S/C8H8ClN3O2/c9-6-3-5(1-2-8(6)14)7(4-13)11-12-10/h1-3,7,13-14H,4H2. The van der Waals surface area contributed by atoms with Crippen LogP contribution in [0.1, 0.15) is 11.6 Å². The van der Waals surface area contributed by atoms with Gasteiger partial charge in [0, 0.05) is 4.91 Å². The van der Waals surface area contributed by atoms with E-state index in [1.54, 1.807) is 0 Å². The van der Waals surface area contributed by atoms with E-state index in [1.807, 2.05) is 0 Å². The molecule has 0 saturated heterocycles. The van der Waals surface area contributed by atoms with Gasteiger partial charge in [-0.2, -0.15) is 0 Å².